The molecule has 0 spiro atoms. The zero-order chi connectivity index (χ0) is 10.1. The molecule has 0 radical (unpaired) electrons. The average Bonchev–Trinajstić information content (AvgIpc) is 2.17. The van der Waals surface area contributed by atoms with Crippen LogP contribution < -0.4 is 0 Å². The van der Waals surface area contributed by atoms with Crippen LogP contribution in [-0.4, -0.2) is 5.78 Å². The molecule has 1 atom stereocenters. The fourth-order valence-corrected chi connectivity index (χ4v) is 2.81. The van der Waals surface area contributed by atoms with E-state index in [-0.39, 0.29) is 5.92 Å². The van der Waals surface area contributed by atoms with E-state index in [0.717, 1.165) is 23.7 Å². The Morgan fingerprint density at radius 2 is 2.29 bits per heavy atom. The van der Waals surface area contributed by atoms with Gasteiger partial charge in [0.2, 0.25) is 0 Å². The van der Waals surface area contributed by atoms with E-state index >= 15 is 0 Å². The van der Waals surface area contributed by atoms with Crippen LogP contribution in [0.3, 0.4) is 0 Å². The first-order chi connectivity index (χ1) is 6.70. The van der Waals surface area contributed by atoms with Crippen LogP contribution in [-0.2, 0) is 11.2 Å². The molecule has 0 bridgehead atoms. The zero-order valence-corrected chi connectivity index (χ0v) is 9.80. The van der Waals surface area contributed by atoms with E-state index in [0.29, 0.717) is 5.78 Å². The lowest BCUT2D eigenvalue weighted by Crippen LogP contribution is -2.16. The SMILES string of the molecule is CC(=O)C1CCCc2c(Br)cccc21. The number of fused-ring (bicyclic) bond motifs is 1. The van der Waals surface area contributed by atoms with Crippen molar-refractivity contribution in [3.05, 3.63) is 33.8 Å². The minimum Gasteiger partial charge on any atom is -0.299 e. The van der Waals surface area contributed by atoms with Gasteiger partial charge in [0.15, 0.2) is 0 Å². The Morgan fingerprint density at radius 1 is 1.50 bits per heavy atom. The second kappa shape index (κ2) is 3.85. The maximum Gasteiger partial charge on any atom is 0.137 e. The number of hydrogen-bond donors (Lipinski definition) is 0. The van der Waals surface area contributed by atoms with Crippen molar-refractivity contribution in [3.8, 4) is 0 Å². The summed E-state index contributed by atoms with van der Waals surface area (Å²) in [5.74, 6) is 0.431. The van der Waals surface area contributed by atoms with Gasteiger partial charge in [-0.05, 0) is 43.4 Å². The molecule has 1 aliphatic rings. The van der Waals surface area contributed by atoms with Crippen LogP contribution in [0.15, 0.2) is 22.7 Å². The zero-order valence-electron chi connectivity index (χ0n) is 8.22. The Kier molecular flexibility index (Phi) is 2.73. The fraction of sp³-hybridized carbons (Fsp3) is 0.417. The molecule has 14 heavy (non-hydrogen) atoms. The lowest BCUT2D eigenvalue weighted by Gasteiger charge is -2.24. The van der Waals surface area contributed by atoms with Gasteiger partial charge in [0.05, 0.1) is 0 Å². The molecule has 0 aromatic heterocycles. The Bertz CT molecular complexity index is 371. The van der Waals surface area contributed by atoms with Crippen molar-refractivity contribution < 1.29 is 4.79 Å². The fourth-order valence-electron chi connectivity index (χ4n) is 2.23. The molecular formula is C12H13BrO. The van der Waals surface area contributed by atoms with Gasteiger partial charge in [-0.15, -0.1) is 0 Å². The van der Waals surface area contributed by atoms with Gasteiger partial charge in [-0.25, -0.2) is 0 Å². The summed E-state index contributed by atoms with van der Waals surface area (Å²) in [4.78, 5) is 11.5. The standard InChI is InChI=1S/C12H13BrO/c1-8(14)9-4-2-6-11-10(9)5-3-7-12(11)13/h3,5,7,9H,2,4,6H2,1H3. The first-order valence-corrected chi connectivity index (χ1v) is 5.77. The lowest BCUT2D eigenvalue weighted by molar-refractivity contribution is -0.118. The number of rotatable bonds is 1. The van der Waals surface area contributed by atoms with Crippen LogP contribution in [0.4, 0.5) is 0 Å². The summed E-state index contributed by atoms with van der Waals surface area (Å²) in [5.41, 5.74) is 2.57. The second-order valence-corrected chi connectivity index (χ2v) is 4.72. The highest BCUT2D eigenvalue weighted by Gasteiger charge is 2.24. The molecule has 1 unspecified atom stereocenters. The van der Waals surface area contributed by atoms with E-state index in [2.05, 4.69) is 28.1 Å². The summed E-state index contributed by atoms with van der Waals surface area (Å²) in [6, 6.07) is 6.16. The highest BCUT2D eigenvalue weighted by Crippen LogP contribution is 2.35. The summed E-state index contributed by atoms with van der Waals surface area (Å²) in [5, 5.41) is 0. The van der Waals surface area contributed by atoms with E-state index in [9.17, 15) is 4.79 Å². The average molecular weight is 253 g/mol. The largest absolute Gasteiger partial charge is 0.299 e. The number of hydrogen-bond acceptors (Lipinski definition) is 1. The van der Waals surface area contributed by atoms with E-state index in [1.807, 2.05) is 6.07 Å². The molecule has 0 saturated heterocycles. The van der Waals surface area contributed by atoms with Crippen molar-refractivity contribution in [2.45, 2.75) is 32.1 Å². The van der Waals surface area contributed by atoms with Crippen molar-refractivity contribution >= 4 is 21.7 Å². The van der Waals surface area contributed by atoms with Gasteiger partial charge in [-0.2, -0.15) is 0 Å². The van der Waals surface area contributed by atoms with Gasteiger partial charge in [0.25, 0.3) is 0 Å². The van der Waals surface area contributed by atoms with Gasteiger partial charge in [-0.3, -0.25) is 4.79 Å². The second-order valence-electron chi connectivity index (χ2n) is 3.86. The third-order valence-electron chi connectivity index (χ3n) is 2.94. The molecule has 1 nitrogen and oxygen atoms in total. The van der Waals surface area contributed by atoms with Gasteiger partial charge >= 0.3 is 0 Å². The highest BCUT2D eigenvalue weighted by molar-refractivity contribution is 9.10. The molecule has 1 aromatic rings. The summed E-state index contributed by atoms with van der Waals surface area (Å²) in [7, 11) is 0. The van der Waals surface area contributed by atoms with Crippen LogP contribution in [0.2, 0.25) is 0 Å². The predicted octanol–water partition coefficient (Wildman–Crippen LogP) is 3.46. The topological polar surface area (TPSA) is 17.1 Å². The third kappa shape index (κ3) is 1.63. The predicted molar refractivity (Wildman–Crippen MR) is 60.5 cm³/mol. The molecule has 0 heterocycles. The van der Waals surface area contributed by atoms with E-state index in [1.54, 1.807) is 6.92 Å². The summed E-state index contributed by atoms with van der Waals surface area (Å²) in [6.07, 6.45) is 3.24. The third-order valence-corrected chi connectivity index (χ3v) is 3.68. The molecule has 0 fully saturated rings. The lowest BCUT2D eigenvalue weighted by atomic mass is 9.81. The maximum atomic E-state index is 11.5. The smallest absolute Gasteiger partial charge is 0.137 e. The van der Waals surface area contributed by atoms with Crippen molar-refractivity contribution in [1.29, 1.82) is 0 Å². The number of benzene rings is 1. The number of ketones is 1. The van der Waals surface area contributed by atoms with Gasteiger partial charge < -0.3 is 0 Å². The molecule has 74 valence electrons. The van der Waals surface area contributed by atoms with Crippen molar-refractivity contribution in [1.82, 2.24) is 0 Å². The van der Waals surface area contributed by atoms with Crippen molar-refractivity contribution in [2.24, 2.45) is 0 Å². The van der Waals surface area contributed by atoms with E-state index in [4.69, 9.17) is 0 Å². The minimum atomic E-state index is 0.135. The quantitative estimate of drug-likeness (QED) is 0.749. The molecule has 2 rings (SSSR count). The Morgan fingerprint density at radius 3 is 3.00 bits per heavy atom. The number of carbonyl (C=O) groups is 1. The molecule has 1 aromatic carbocycles. The van der Waals surface area contributed by atoms with Crippen LogP contribution >= 0.6 is 15.9 Å². The summed E-state index contributed by atoms with van der Waals surface area (Å²) >= 11 is 3.55. The normalized spacial score (nSPS) is 20.3. The first kappa shape index (κ1) is 9.91. The summed E-state index contributed by atoms with van der Waals surface area (Å²) < 4.78 is 1.15. The number of halogens is 1. The molecule has 2 heteroatoms. The van der Waals surface area contributed by atoms with Crippen molar-refractivity contribution in [2.75, 3.05) is 0 Å². The van der Waals surface area contributed by atoms with Crippen LogP contribution in [0, 0.1) is 0 Å². The Labute approximate surface area is 92.6 Å². The Balaban J connectivity index is 2.49. The van der Waals surface area contributed by atoms with Gasteiger partial charge in [-0.1, -0.05) is 28.1 Å². The molecule has 0 saturated carbocycles. The van der Waals surface area contributed by atoms with Crippen LogP contribution in [0.25, 0.3) is 0 Å². The molecule has 0 amide bonds. The molecule has 1 aliphatic carbocycles. The monoisotopic (exact) mass is 252 g/mol. The minimum absolute atomic E-state index is 0.135. The molecular weight excluding hydrogens is 240 g/mol. The van der Waals surface area contributed by atoms with Crippen molar-refractivity contribution in [3.63, 3.8) is 0 Å². The van der Waals surface area contributed by atoms with Crippen LogP contribution in [0.5, 0.6) is 0 Å². The van der Waals surface area contributed by atoms with Gasteiger partial charge in [0, 0.05) is 10.4 Å². The highest BCUT2D eigenvalue weighted by atomic mass is 79.9. The molecule has 0 aliphatic heterocycles. The van der Waals surface area contributed by atoms with Gasteiger partial charge in [0.1, 0.15) is 5.78 Å². The first-order valence-electron chi connectivity index (χ1n) is 4.98. The van der Waals surface area contributed by atoms with E-state index in [1.165, 1.54) is 11.1 Å². The van der Waals surface area contributed by atoms with E-state index < -0.39 is 0 Å². The maximum absolute atomic E-state index is 11.5. The summed E-state index contributed by atoms with van der Waals surface area (Å²) in [6.45, 7) is 1.70. The number of Topliss-reactive ketones (excluding diaryl/α,β-unsaturated/α-hetero) is 1. The number of carbonyl (C=O) groups excluding carboxylic acids is 1. The molecule has 0 N–H and O–H groups in total. The van der Waals surface area contributed by atoms with Crippen LogP contribution in [0.1, 0.15) is 36.8 Å². The Hall–Kier alpha value is -0.630.